The van der Waals surface area contributed by atoms with Crippen LogP contribution in [-0.2, 0) is 6.42 Å². The number of phenolic OH excluding ortho intramolecular Hbond substituents is 1. The van der Waals surface area contributed by atoms with Gasteiger partial charge in [0.05, 0.1) is 35.8 Å². The first-order valence-electron chi connectivity index (χ1n) is 12.9. The summed E-state index contributed by atoms with van der Waals surface area (Å²) in [5.74, 6) is 1.20. The number of nitrogens with two attached hydrogens (primary N) is 1. The number of hydrogen-bond acceptors (Lipinski definition) is 6. The third-order valence-electron chi connectivity index (χ3n) is 7.16. The van der Waals surface area contributed by atoms with Crippen molar-refractivity contribution >= 4 is 22.7 Å². The molecule has 4 aromatic rings. The van der Waals surface area contributed by atoms with Gasteiger partial charge in [0.15, 0.2) is 0 Å². The molecule has 0 unspecified atom stereocenters. The number of aliphatic imine (C=N–C) groups is 1. The smallest absolute Gasteiger partial charge is 0.213 e. The van der Waals surface area contributed by atoms with Gasteiger partial charge in [-0.3, -0.25) is 0 Å². The molecular formula is C29H34N6O2. The average molecular weight is 499 g/mol. The molecule has 3 aromatic heterocycles. The predicted octanol–water partition coefficient (Wildman–Crippen LogP) is 5.76. The molecule has 0 atom stereocenters. The zero-order valence-corrected chi connectivity index (χ0v) is 21.7. The Bertz CT molecular complexity index is 1450. The molecule has 0 bridgehead atoms. The van der Waals surface area contributed by atoms with Crippen LogP contribution in [0.1, 0.15) is 55.7 Å². The van der Waals surface area contributed by atoms with Crippen molar-refractivity contribution < 1.29 is 9.84 Å². The van der Waals surface area contributed by atoms with E-state index in [4.69, 9.17) is 20.6 Å². The fourth-order valence-electron chi connectivity index (χ4n) is 5.10. The van der Waals surface area contributed by atoms with Crippen molar-refractivity contribution in [3.63, 3.8) is 0 Å². The zero-order chi connectivity index (χ0) is 25.9. The molecule has 0 aliphatic heterocycles. The number of benzene rings is 1. The number of aromatic nitrogens is 3. The summed E-state index contributed by atoms with van der Waals surface area (Å²) < 4.78 is 7.17. The zero-order valence-electron chi connectivity index (χ0n) is 21.7. The Morgan fingerprint density at radius 3 is 2.73 bits per heavy atom. The summed E-state index contributed by atoms with van der Waals surface area (Å²) in [7, 11) is 1.62. The van der Waals surface area contributed by atoms with Crippen LogP contribution in [0.5, 0.6) is 11.6 Å². The van der Waals surface area contributed by atoms with Gasteiger partial charge in [0.1, 0.15) is 11.6 Å². The molecule has 1 saturated carbocycles. The quantitative estimate of drug-likeness (QED) is 0.221. The third kappa shape index (κ3) is 5.09. The fraction of sp³-hybridized carbons (Fsp3) is 0.345. The van der Waals surface area contributed by atoms with Crippen LogP contribution in [0.4, 0.5) is 11.4 Å². The minimum atomic E-state index is 0.223. The van der Waals surface area contributed by atoms with E-state index >= 15 is 0 Å². The number of pyridine rings is 1. The number of fused-ring (bicyclic) bond motifs is 1. The Balaban J connectivity index is 1.62. The van der Waals surface area contributed by atoms with Gasteiger partial charge in [-0.25, -0.2) is 14.5 Å². The fourth-order valence-corrected chi connectivity index (χ4v) is 5.10. The van der Waals surface area contributed by atoms with Gasteiger partial charge in [0, 0.05) is 35.6 Å². The number of phenols is 1. The van der Waals surface area contributed by atoms with Gasteiger partial charge < -0.3 is 20.9 Å². The summed E-state index contributed by atoms with van der Waals surface area (Å²) in [6, 6.07) is 9.61. The molecule has 8 heteroatoms. The Labute approximate surface area is 217 Å². The molecule has 37 heavy (non-hydrogen) atoms. The van der Waals surface area contributed by atoms with Crippen LogP contribution in [0.25, 0.3) is 16.6 Å². The number of aromatic hydroxyl groups is 1. The highest BCUT2D eigenvalue weighted by Crippen LogP contribution is 2.33. The second-order valence-corrected chi connectivity index (χ2v) is 9.68. The lowest BCUT2D eigenvalue weighted by atomic mass is 9.95. The van der Waals surface area contributed by atoms with E-state index in [-0.39, 0.29) is 5.75 Å². The molecule has 1 aromatic carbocycles. The second-order valence-electron chi connectivity index (χ2n) is 9.68. The van der Waals surface area contributed by atoms with E-state index in [1.54, 1.807) is 31.5 Å². The van der Waals surface area contributed by atoms with Gasteiger partial charge in [0.25, 0.3) is 0 Å². The molecule has 1 aliphatic carbocycles. The Morgan fingerprint density at radius 2 is 2.00 bits per heavy atom. The van der Waals surface area contributed by atoms with E-state index < -0.39 is 0 Å². The summed E-state index contributed by atoms with van der Waals surface area (Å²) in [5, 5.41) is 18.4. The summed E-state index contributed by atoms with van der Waals surface area (Å²) >= 11 is 0. The molecule has 5 rings (SSSR count). The molecule has 1 fully saturated rings. The second kappa shape index (κ2) is 10.5. The van der Waals surface area contributed by atoms with Crippen molar-refractivity contribution in [2.24, 2.45) is 10.7 Å². The van der Waals surface area contributed by atoms with Crippen molar-refractivity contribution in [2.75, 3.05) is 12.4 Å². The average Bonchev–Trinajstić information content (AvgIpc) is 3.34. The number of aryl methyl sites for hydroxylation is 2. The van der Waals surface area contributed by atoms with Crippen LogP contribution in [0.2, 0.25) is 0 Å². The highest BCUT2D eigenvalue weighted by atomic mass is 16.5. The van der Waals surface area contributed by atoms with E-state index in [1.165, 1.54) is 19.3 Å². The summed E-state index contributed by atoms with van der Waals surface area (Å²) in [4.78, 5) is 9.18. The number of nitrogens with one attached hydrogen (secondary N) is 1. The first-order chi connectivity index (χ1) is 18.0. The SMILES string of the molecule is CCc1cc(O)ccc1N=C(N)c1cnn2cc(-c3cnc(OC)cc3C)cc2c1NC1CCCCC1. The van der Waals surface area contributed by atoms with Gasteiger partial charge >= 0.3 is 0 Å². The molecule has 0 radical (unpaired) electrons. The van der Waals surface area contributed by atoms with E-state index in [0.717, 1.165) is 64.0 Å². The van der Waals surface area contributed by atoms with Gasteiger partial charge in [-0.05, 0) is 61.6 Å². The molecule has 0 spiro atoms. The molecule has 0 amide bonds. The Hall–Kier alpha value is -4.07. The van der Waals surface area contributed by atoms with Crippen LogP contribution in [0.15, 0.2) is 53.9 Å². The summed E-state index contributed by atoms with van der Waals surface area (Å²) in [6.45, 7) is 4.08. The van der Waals surface area contributed by atoms with Crippen molar-refractivity contribution in [1.29, 1.82) is 0 Å². The van der Waals surface area contributed by atoms with E-state index in [2.05, 4.69) is 23.3 Å². The number of hydrogen-bond donors (Lipinski definition) is 3. The lowest BCUT2D eigenvalue weighted by Gasteiger charge is -2.25. The van der Waals surface area contributed by atoms with Crippen molar-refractivity contribution in [2.45, 2.75) is 58.4 Å². The highest BCUT2D eigenvalue weighted by Gasteiger charge is 2.20. The van der Waals surface area contributed by atoms with Crippen LogP contribution >= 0.6 is 0 Å². The van der Waals surface area contributed by atoms with E-state index in [9.17, 15) is 5.11 Å². The maximum Gasteiger partial charge on any atom is 0.213 e. The number of amidine groups is 1. The predicted molar refractivity (Wildman–Crippen MR) is 148 cm³/mol. The summed E-state index contributed by atoms with van der Waals surface area (Å²) in [6.07, 6.45) is 12.3. The van der Waals surface area contributed by atoms with Crippen molar-refractivity contribution in [3.8, 4) is 22.8 Å². The molecule has 192 valence electrons. The first-order valence-corrected chi connectivity index (χ1v) is 12.9. The number of nitrogens with zero attached hydrogens (tertiary/aromatic N) is 4. The van der Waals surface area contributed by atoms with Crippen molar-refractivity contribution in [1.82, 2.24) is 14.6 Å². The maximum atomic E-state index is 9.90. The lowest BCUT2D eigenvalue weighted by Crippen LogP contribution is -2.25. The molecule has 8 nitrogen and oxygen atoms in total. The van der Waals surface area contributed by atoms with Crippen LogP contribution in [-0.4, -0.2) is 38.7 Å². The maximum absolute atomic E-state index is 9.90. The molecule has 0 saturated heterocycles. The first kappa shape index (κ1) is 24.6. The van der Waals surface area contributed by atoms with Crippen LogP contribution in [0, 0.1) is 6.92 Å². The lowest BCUT2D eigenvalue weighted by molar-refractivity contribution is 0.397. The van der Waals surface area contributed by atoms with Gasteiger partial charge in [0.2, 0.25) is 5.88 Å². The van der Waals surface area contributed by atoms with Crippen molar-refractivity contribution in [3.05, 3.63) is 65.6 Å². The normalized spacial score (nSPS) is 14.7. The number of rotatable bonds is 7. The third-order valence-corrected chi connectivity index (χ3v) is 7.16. The van der Waals surface area contributed by atoms with Gasteiger partial charge in [-0.1, -0.05) is 26.2 Å². The monoisotopic (exact) mass is 498 g/mol. The number of methoxy groups -OCH3 is 1. The Morgan fingerprint density at radius 1 is 1.19 bits per heavy atom. The topological polar surface area (TPSA) is 110 Å². The molecular weight excluding hydrogens is 464 g/mol. The summed E-state index contributed by atoms with van der Waals surface area (Å²) in [5.41, 5.74) is 14.1. The molecule has 3 heterocycles. The van der Waals surface area contributed by atoms with E-state index in [1.807, 2.05) is 29.9 Å². The Kier molecular flexibility index (Phi) is 6.99. The molecule has 4 N–H and O–H groups in total. The largest absolute Gasteiger partial charge is 0.508 e. The van der Waals surface area contributed by atoms with Crippen LogP contribution < -0.4 is 15.8 Å². The van der Waals surface area contributed by atoms with Crippen LogP contribution in [0.3, 0.4) is 0 Å². The standard InChI is InChI=1S/C29H34N6O2/c1-4-19-13-22(36)10-11-25(19)34-29(30)24-16-32-35-17-20(23-15-31-27(37-3)12-18(23)2)14-26(35)28(24)33-21-8-6-5-7-9-21/h10-17,21,33,36H,4-9H2,1-3H3,(H2,30,34). The minimum absolute atomic E-state index is 0.223. The van der Waals surface area contributed by atoms with E-state index in [0.29, 0.717) is 17.8 Å². The number of ether oxygens (including phenoxy) is 1. The minimum Gasteiger partial charge on any atom is -0.508 e. The molecule has 1 aliphatic rings. The number of anilines is 1. The van der Waals surface area contributed by atoms with Gasteiger partial charge in [-0.15, -0.1) is 0 Å². The van der Waals surface area contributed by atoms with Gasteiger partial charge in [-0.2, -0.15) is 5.10 Å². The highest BCUT2D eigenvalue weighted by molar-refractivity contribution is 6.06.